The number of hydrogen-bond donors (Lipinski definition) is 2. The summed E-state index contributed by atoms with van der Waals surface area (Å²) in [7, 11) is 0. The molecule has 1 aromatic rings. The molecular formula is C15H24N4O2. The Kier molecular flexibility index (Phi) is 4.65. The van der Waals surface area contributed by atoms with Crippen molar-refractivity contribution in [3.63, 3.8) is 0 Å². The SMILES string of the molecule is CCNc1cc([N+](=O)[O-])cc(NC2CCC(C)(C)CC2)n1. The molecule has 0 aliphatic heterocycles. The number of pyridine rings is 1. The van der Waals surface area contributed by atoms with E-state index in [1.807, 2.05) is 6.92 Å². The van der Waals surface area contributed by atoms with Crippen molar-refractivity contribution in [1.82, 2.24) is 4.98 Å². The van der Waals surface area contributed by atoms with Crippen LogP contribution in [0, 0.1) is 15.5 Å². The maximum Gasteiger partial charge on any atom is 0.276 e. The topological polar surface area (TPSA) is 80.1 Å². The molecule has 0 spiro atoms. The monoisotopic (exact) mass is 292 g/mol. The highest BCUT2D eigenvalue weighted by Crippen LogP contribution is 2.36. The number of nitrogens with one attached hydrogen (secondary N) is 2. The first-order valence-electron chi connectivity index (χ1n) is 7.56. The van der Waals surface area contributed by atoms with E-state index >= 15 is 0 Å². The minimum Gasteiger partial charge on any atom is -0.370 e. The third-order valence-electron chi connectivity index (χ3n) is 4.07. The van der Waals surface area contributed by atoms with Gasteiger partial charge in [0.15, 0.2) is 0 Å². The van der Waals surface area contributed by atoms with Crippen molar-refractivity contribution in [2.45, 2.75) is 52.5 Å². The van der Waals surface area contributed by atoms with Crippen LogP contribution in [0.4, 0.5) is 17.3 Å². The largest absolute Gasteiger partial charge is 0.370 e. The van der Waals surface area contributed by atoms with Gasteiger partial charge in [0.05, 0.1) is 17.1 Å². The summed E-state index contributed by atoms with van der Waals surface area (Å²) < 4.78 is 0. The van der Waals surface area contributed by atoms with Crippen LogP contribution in [-0.2, 0) is 0 Å². The summed E-state index contributed by atoms with van der Waals surface area (Å²) >= 11 is 0. The molecule has 116 valence electrons. The van der Waals surface area contributed by atoms with Gasteiger partial charge in [-0.3, -0.25) is 10.1 Å². The van der Waals surface area contributed by atoms with Gasteiger partial charge in [-0.15, -0.1) is 0 Å². The van der Waals surface area contributed by atoms with E-state index in [0.717, 1.165) is 12.8 Å². The fraction of sp³-hybridized carbons (Fsp3) is 0.667. The van der Waals surface area contributed by atoms with Crippen molar-refractivity contribution in [3.8, 4) is 0 Å². The molecule has 0 bridgehead atoms. The fourth-order valence-corrected chi connectivity index (χ4v) is 2.72. The van der Waals surface area contributed by atoms with Gasteiger partial charge in [0.25, 0.3) is 5.69 Å². The summed E-state index contributed by atoms with van der Waals surface area (Å²) in [5, 5.41) is 17.4. The quantitative estimate of drug-likeness (QED) is 0.637. The van der Waals surface area contributed by atoms with Gasteiger partial charge >= 0.3 is 0 Å². The van der Waals surface area contributed by atoms with Crippen LogP contribution in [-0.4, -0.2) is 22.5 Å². The van der Waals surface area contributed by atoms with E-state index < -0.39 is 0 Å². The molecule has 2 rings (SSSR count). The molecule has 0 unspecified atom stereocenters. The highest BCUT2D eigenvalue weighted by atomic mass is 16.6. The predicted octanol–water partition coefficient (Wildman–Crippen LogP) is 3.80. The molecule has 1 aliphatic carbocycles. The molecule has 21 heavy (non-hydrogen) atoms. The van der Waals surface area contributed by atoms with Crippen LogP contribution in [0.1, 0.15) is 46.5 Å². The van der Waals surface area contributed by atoms with Crippen molar-refractivity contribution in [2.24, 2.45) is 5.41 Å². The van der Waals surface area contributed by atoms with Crippen molar-refractivity contribution in [2.75, 3.05) is 17.2 Å². The number of hydrogen-bond acceptors (Lipinski definition) is 5. The standard InChI is InChI=1S/C15H24N4O2/c1-4-16-13-9-12(19(20)21)10-14(18-13)17-11-5-7-15(2,3)8-6-11/h9-11H,4-8H2,1-3H3,(H2,16,17,18). The zero-order valence-corrected chi connectivity index (χ0v) is 13.0. The number of rotatable bonds is 5. The Hall–Kier alpha value is -1.85. The second kappa shape index (κ2) is 6.28. The van der Waals surface area contributed by atoms with Gasteiger partial charge in [0.1, 0.15) is 11.6 Å². The number of aromatic nitrogens is 1. The predicted molar refractivity (Wildman–Crippen MR) is 84.7 cm³/mol. The maximum atomic E-state index is 11.0. The molecule has 0 radical (unpaired) electrons. The molecule has 0 saturated heterocycles. The third-order valence-corrected chi connectivity index (χ3v) is 4.07. The van der Waals surface area contributed by atoms with Gasteiger partial charge in [-0.2, -0.15) is 0 Å². The average Bonchev–Trinajstić information content (AvgIpc) is 2.41. The van der Waals surface area contributed by atoms with E-state index in [2.05, 4.69) is 29.5 Å². The molecule has 1 aliphatic rings. The summed E-state index contributed by atoms with van der Waals surface area (Å²) in [6.45, 7) is 7.21. The summed E-state index contributed by atoms with van der Waals surface area (Å²) in [5.74, 6) is 1.13. The molecule has 6 heteroatoms. The first-order chi connectivity index (χ1) is 9.89. The first-order valence-corrected chi connectivity index (χ1v) is 7.56. The van der Waals surface area contributed by atoms with Crippen LogP contribution >= 0.6 is 0 Å². The van der Waals surface area contributed by atoms with Gasteiger partial charge in [-0.1, -0.05) is 13.8 Å². The lowest BCUT2D eigenvalue weighted by atomic mass is 9.75. The van der Waals surface area contributed by atoms with Crippen LogP contribution < -0.4 is 10.6 Å². The van der Waals surface area contributed by atoms with Gasteiger partial charge in [-0.05, 0) is 38.0 Å². The van der Waals surface area contributed by atoms with Crippen LogP contribution in [0.5, 0.6) is 0 Å². The summed E-state index contributed by atoms with van der Waals surface area (Å²) in [4.78, 5) is 15.0. The van der Waals surface area contributed by atoms with E-state index in [1.165, 1.54) is 25.0 Å². The Morgan fingerprint density at radius 3 is 2.52 bits per heavy atom. The zero-order valence-electron chi connectivity index (χ0n) is 13.0. The lowest BCUT2D eigenvalue weighted by molar-refractivity contribution is -0.384. The molecular weight excluding hydrogens is 268 g/mol. The number of nitro groups is 1. The zero-order chi connectivity index (χ0) is 15.5. The van der Waals surface area contributed by atoms with Crippen LogP contribution in [0.2, 0.25) is 0 Å². The van der Waals surface area contributed by atoms with Crippen LogP contribution in [0.25, 0.3) is 0 Å². The van der Waals surface area contributed by atoms with Crippen molar-refractivity contribution in [1.29, 1.82) is 0 Å². The average molecular weight is 292 g/mol. The first kappa shape index (κ1) is 15.5. The highest BCUT2D eigenvalue weighted by Gasteiger charge is 2.27. The van der Waals surface area contributed by atoms with Gasteiger partial charge < -0.3 is 10.6 Å². The fourth-order valence-electron chi connectivity index (χ4n) is 2.72. The van der Waals surface area contributed by atoms with Gasteiger partial charge in [0, 0.05) is 12.6 Å². The summed E-state index contributed by atoms with van der Waals surface area (Å²) in [6, 6.07) is 3.33. The van der Waals surface area contributed by atoms with Crippen LogP contribution in [0.15, 0.2) is 12.1 Å². The Balaban J connectivity index is 2.10. The van der Waals surface area contributed by atoms with E-state index in [9.17, 15) is 10.1 Å². The minimum atomic E-state index is -0.377. The van der Waals surface area contributed by atoms with E-state index in [4.69, 9.17) is 0 Å². The molecule has 0 atom stereocenters. The molecule has 0 aromatic carbocycles. The molecule has 6 nitrogen and oxygen atoms in total. The molecule has 1 aromatic heterocycles. The highest BCUT2D eigenvalue weighted by molar-refractivity contribution is 5.55. The Labute approximate surface area is 125 Å². The maximum absolute atomic E-state index is 11.0. The Morgan fingerprint density at radius 2 is 1.95 bits per heavy atom. The van der Waals surface area contributed by atoms with E-state index in [-0.39, 0.29) is 10.6 Å². The summed E-state index contributed by atoms with van der Waals surface area (Å²) in [6.07, 6.45) is 4.49. The Morgan fingerprint density at radius 1 is 1.33 bits per heavy atom. The van der Waals surface area contributed by atoms with E-state index in [0.29, 0.717) is 29.6 Å². The number of nitrogens with zero attached hydrogens (tertiary/aromatic N) is 2. The van der Waals surface area contributed by atoms with Crippen molar-refractivity contribution in [3.05, 3.63) is 22.2 Å². The van der Waals surface area contributed by atoms with Gasteiger partial charge in [0.2, 0.25) is 0 Å². The molecule has 2 N–H and O–H groups in total. The van der Waals surface area contributed by atoms with E-state index in [1.54, 1.807) is 0 Å². The third kappa shape index (κ3) is 4.31. The second-order valence-corrected chi connectivity index (χ2v) is 6.47. The minimum absolute atomic E-state index is 0.0691. The van der Waals surface area contributed by atoms with Crippen LogP contribution in [0.3, 0.4) is 0 Å². The Bertz CT molecular complexity index is 506. The smallest absolute Gasteiger partial charge is 0.276 e. The lowest BCUT2D eigenvalue weighted by Crippen LogP contribution is -2.30. The second-order valence-electron chi connectivity index (χ2n) is 6.47. The molecule has 0 amide bonds. The van der Waals surface area contributed by atoms with Gasteiger partial charge in [-0.25, -0.2) is 4.98 Å². The molecule has 1 heterocycles. The summed E-state index contributed by atoms with van der Waals surface area (Å²) in [5.41, 5.74) is 0.475. The molecule has 1 saturated carbocycles. The van der Waals surface area contributed by atoms with Crippen molar-refractivity contribution >= 4 is 17.3 Å². The number of anilines is 2. The normalized spacial score (nSPS) is 18.2. The molecule has 1 fully saturated rings. The van der Waals surface area contributed by atoms with Crippen molar-refractivity contribution < 1.29 is 4.92 Å². The lowest BCUT2D eigenvalue weighted by Gasteiger charge is -2.34.